The fraction of sp³-hybridized carbons (Fsp3) is 0.722. The highest BCUT2D eigenvalue weighted by Gasteiger charge is 2.32. The van der Waals surface area contributed by atoms with Crippen LogP contribution < -0.4 is 10.1 Å². The molecule has 1 saturated carbocycles. The molecule has 1 aliphatic carbocycles. The molecule has 0 bridgehead atoms. The SMILES string of the molecule is CCNCc1ccnc(OC2CC(C)CCC2C(C)C)c1. The third-order valence-electron chi connectivity index (χ3n) is 4.61. The lowest BCUT2D eigenvalue weighted by atomic mass is 9.75. The third-order valence-corrected chi connectivity index (χ3v) is 4.61. The second-order valence-electron chi connectivity index (χ2n) is 6.77. The number of ether oxygens (including phenoxy) is 1. The van der Waals surface area contributed by atoms with E-state index in [1.54, 1.807) is 0 Å². The summed E-state index contributed by atoms with van der Waals surface area (Å²) in [5.41, 5.74) is 1.24. The van der Waals surface area contributed by atoms with Crippen LogP contribution in [0.15, 0.2) is 18.3 Å². The zero-order valence-electron chi connectivity index (χ0n) is 13.9. The molecule has 1 aromatic rings. The van der Waals surface area contributed by atoms with Gasteiger partial charge in [0, 0.05) is 18.8 Å². The highest BCUT2D eigenvalue weighted by Crippen LogP contribution is 2.35. The summed E-state index contributed by atoms with van der Waals surface area (Å²) in [7, 11) is 0. The monoisotopic (exact) mass is 290 g/mol. The van der Waals surface area contributed by atoms with E-state index in [0.717, 1.165) is 31.3 Å². The Labute approximate surface area is 129 Å². The zero-order chi connectivity index (χ0) is 15.2. The maximum Gasteiger partial charge on any atom is 0.213 e. The topological polar surface area (TPSA) is 34.2 Å². The van der Waals surface area contributed by atoms with E-state index < -0.39 is 0 Å². The maximum atomic E-state index is 6.28. The number of hydrogen-bond donors (Lipinski definition) is 1. The Kier molecular flexibility index (Phi) is 6.04. The van der Waals surface area contributed by atoms with Crippen LogP contribution in [0, 0.1) is 17.8 Å². The summed E-state index contributed by atoms with van der Waals surface area (Å²) >= 11 is 0. The van der Waals surface area contributed by atoms with Gasteiger partial charge in [-0.25, -0.2) is 4.98 Å². The molecule has 3 atom stereocenters. The predicted octanol–water partition coefficient (Wildman–Crippen LogP) is 4.03. The normalized spacial score (nSPS) is 26.0. The molecule has 1 aromatic heterocycles. The van der Waals surface area contributed by atoms with Gasteiger partial charge in [-0.15, -0.1) is 0 Å². The van der Waals surface area contributed by atoms with Crippen molar-refractivity contribution in [2.75, 3.05) is 6.54 Å². The minimum atomic E-state index is 0.315. The van der Waals surface area contributed by atoms with E-state index >= 15 is 0 Å². The Morgan fingerprint density at radius 2 is 2.19 bits per heavy atom. The molecule has 0 saturated heterocycles. The Morgan fingerprint density at radius 1 is 1.38 bits per heavy atom. The van der Waals surface area contributed by atoms with Crippen LogP contribution in [0.5, 0.6) is 5.88 Å². The van der Waals surface area contributed by atoms with E-state index in [9.17, 15) is 0 Å². The summed E-state index contributed by atoms with van der Waals surface area (Å²) in [4.78, 5) is 4.41. The quantitative estimate of drug-likeness (QED) is 0.859. The lowest BCUT2D eigenvalue weighted by Gasteiger charge is -2.37. The number of aromatic nitrogens is 1. The van der Waals surface area contributed by atoms with Gasteiger partial charge in [0.2, 0.25) is 5.88 Å². The molecule has 3 unspecified atom stereocenters. The van der Waals surface area contributed by atoms with Crippen molar-refractivity contribution in [1.82, 2.24) is 10.3 Å². The van der Waals surface area contributed by atoms with Crippen molar-refractivity contribution in [3.05, 3.63) is 23.9 Å². The fourth-order valence-electron chi connectivity index (χ4n) is 3.30. The summed E-state index contributed by atoms with van der Waals surface area (Å²) in [6, 6.07) is 4.14. The van der Waals surface area contributed by atoms with Crippen molar-refractivity contribution in [3.63, 3.8) is 0 Å². The van der Waals surface area contributed by atoms with Crippen LogP contribution in [0.2, 0.25) is 0 Å². The first-order chi connectivity index (χ1) is 10.1. The molecule has 0 aliphatic heterocycles. The van der Waals surface area contributed by atoms with Gasteiger partial charge in [-0.1, -0.05) is 34.1 Å². The molecule has 0 aromatic carbocycles. The largest absolute Gasteiger partial charge is 0.474 e. The lowest BCUT2D eigenvalue weighted by Crippen LogP contribution is -2.36. The van der Waals surface area contributed by atoms with Crippen LogP contribution >= 0.6 is 0 Å². The van der Waals surface area contributed by atoms with Gasteiger partial charge in [0.05, 0.1) is 0 Å². The van der Waals surface area contributed by atoms with E-state index in [4.69, 9.17) is 4.74 Å². The zero-order valence-corrected chi connectivity index (χ0v) is 13.9. The highest BCUT2D eigenvalue weighted by atomic mass is 16.5. The first-order valence-electron chi connectivity index (χ1n) is 8.42. The number of rotatable bonds is 6. The number of nitrogens with zero attached hydrogens (tertiary/aromatic N) is 1. The fourth-order valence-corrected chi connectivity index (χ4v) is 3.30. The second kappa shape index (κ2) is 7.79. The molecule has 0 radical (unpaired) electrons. The molecule has 0 amide bonds. The number of hydrogen-bond acceptors (Lipinski definition) is 3. The summed E-state index contributed by atoms with van der Waals surface area (Å²) in [6.07, 6.45) is 5.94. The highest BCUT2D eigenvalue weighted by molar-refractivity contribution is 5.20. The third kappa shape index (κ3) is 4.70. The van der Waals surface area contributed by atoms with Gasteiger partial charge in [0.15, 0.2) is 0 Å². The summed E-state index contributed by atoms with van der Waals surface area (Å²) in [5, 5.41) is 3.35. The molecule has 1 fully saturated rings. The summed E-state index contributed by atoms with van der Waals surface area (Å²) in [6.45, 7) is 10.9. The van der Waals surface area contributed by atoms with Crippen LogP contribution in [0.1, 0.15) is 52.5 Å². The average molecular weight is 290 g/mol. The van der Waals surface area contributed by atoms with Crippen LogP contribution in [0.3, 0.4) is 0 Å². The molecule has 1 N–H and O–H groups in total. The van der Waals surface area contributed by atoms with E-state index in [1.165, 1.54) is 18.4 Å². The van der Waals surface area contributed by atoms with Gasteiger partial charge in [-0.05, 0) is 48.8 Å². The van der Waals surface area contributed by atoms with E-state index in [-0.39, 0.29) is 0 Å². The molecule has 3 nitrogen and oxygen atoms in total. The van der Waals surface area contributed by atoms with Crippen molar-refractivity contribution in [1.29, 1.82) is 0 Å². The van der Waals surface area contributed by atoms with Gasteiger partial charge >= 0.3 is 0 Å². The van der Waals surface area contributed by atoms with Crippen LogP contribution in [0.4, 0.5) is 0 Å². The van der Waals surface area contributed by atoms with Crippen molar-refractivity contribution in [2.45, 2.75) is 59.6 Å². The second-order valence-corrected chi connectivity index (χ2v) is 6.77. The molecule has 21 heavy (non-hydrogen) atoms. The van der Waals surface area contributed by atoms with Gasteiger partial charge < -0.3 is 10.1 Å². The van der Waals surface area contributed by atoms with E-state index in [0.29, 0.717) is 17.9 Å². The Morgan fingerprint density at radius 3 is 2.90 bits per heavy atom. The standard InChI is InChI=1S/C18H30N2O/c1-5-19-12-15-8-9-20-18(11-15)21-17-10-14(4)6-7-16(17)13(2)3/h8-9,11,13-14,16-17,19H,5-7,10,12H2,1-4H3. The molecule has 2 rings (SSSR count). The van der Waals surface area contributed by atoms with Crippen molar-refractivity contribution in [2.24, 2.45) is 17.8 Å². The van der Waals surface area contributed by atoms with Crippen LogP contribution in [-0.4, -0.2) is 17.6 Å². The molecule has 3 heteroatoms. The van der Waals surface area contributed by atoms with Gasteiger partial charge in [-0.3, -0.25) is 0 Å². The minimum absolute atomic E-state index is 0.315. The minimum Gasteiger partial charge on any atom is -0.474 e. The molecule has 0 spiro atoms. The molecule has 1 heterocycles. The van der Waals surface area contributed by atoms with Gasteiger partial charge in [-0.2, -0.15) is 0 Å². The summed E-state index contributed by atoms with van der Waals surface area (Å²) < 4.78 is 6.28. The van der Waals surface area contributed by atoms with Gasteiger partial charge in [0.25, 0.3) is 0 Å². The predicted molar refractivity (Wildman–Crippen MR) is 87.4 cm³/mol. The number of nitrogens with one attached hydrogen (secondary N) is 1. The van der Waals surface area contributed by atoms with Crippen molar-refractivity contribution >= 4 is 0 Å². The van der Waals surface area contributed by atoms with Crippen molar-refractivity contribution in [3.8, 4) is 5.88 Å². The van der Waals surface area contributed by atoms with Crippen molar-refractivity contribution < 1.29 is 4.74 Å². The Hall–Kier alpha value is -1.09. The molecular formula is C18H30N2O. The number of pyridine rings is 1. The first-order valence-corrected chi connectivity index (χ1v) is 8.42. The molecular weight excluding hydrogens is 260 g/mol. The van der Waals surface area contributed by atoms with Crippen LogP contribution in [0.25, 0.3) is 0 Å². The maximum absolute atomic E-state index is 6.28. The van der Waals surface area contributed by atoms with Crippen LogP contribution in [-0.2, 0) is 6.54 Å². The summed E-state index contributed by atoms with van der Waals surface area (Å²) in [5.74, 6) is 2.87. The Bertz CT molecular complexity index is 433. The lowest BCUT2D eigenvalue weighted by molar-refractivity contribution is 0.0426. The smallest absolute Gasteiger partial charge is 0.213 e. The van der Waals surface area contributed by atoms with Gasteiger partial charge in [0.1, 0.15) is 6.10 Å². The van der Waals surface area contributed by atoms with E-state index in [2.05, 4.69) is 50.1 Å². The first kappa shape index (κ1) is 16.3. The Balaban J connectivity index is 2.04. The molecule has 118 valence electrons. The van der Waals surface area contributed by atoms with E-state index in [1.807, 2.05) is 6.20 Å². The average Bonchev–Trinajstić information content (AvgIpc) is 2.45. The molecule has 1 aliphatic rings.